The van der Waals surface area contributed by atoms with E-state index in [-0.39, 0.29) is 0 Å². The zero-order chi connectivity index (χ0) is 14.5. The SMILES string of the molecule is CCc1ccc(CNCc2cc(C(=O)O)sc2C)cc1. The minimum Gasteiger partial charge on any atom is -0.477 e. The molecule has 0 unspecified atom stereocenters. The van der Waals surface area contributed by atoms with Gasteiger partial charge >= 0.3 is 5.97 Å². The molecule has 3 nitrogen and oxygen atoms in total. The summed E-state index contributed by atoms with van der Waals surface area (Å²) in [5.41, 5.74) is 3.65. The molecule has 0 aliphatic heterocycles. The highest BCUT2D eigenvalue weighted by Crippen LogP contribution is 2.21. The number of thiophene rings is 1. The van der Waals surface area contributed by atoms with Crippen molar-refractivity contribution in [3.63, 3.8) is 0 Å². The average molecular weight is 289 g/mol. The lowest BCUT2D eigenvalue weighted by molar-refractivity contribution is 0.0702. The zero-order valence-corrected chi connectivity index (χ0v) is 12.6. The molecule has 1 aromatic carbocycles. The van der Waals surface area contributed by atoms with Crippen molar-refractivity contribution >= 4 is 17.3 Å². The van der Waals surface area contributed by atoms with E-state index in [9.17, 15) is 4.79 Å². The minimum absolute atomic E-state index is 0.409. The van der Waals surface area contributed by atoms with Gasteiger partial charge in [0.15, 0.2) is 0 Å². The van der Waals surface area contributed by atoms with Gasteiger partial charge in [-0.25, -0.2) is 4.79 Å². The standard InChI is InChI=1S/C16H19NO2S/c1-3-12-4-6-13(7-5-12)9-17-10-14-8-15(16(18)19)20-11(14)2/h4-8,17H,3,9-10H2,1-2H3,(H,18,19). The van der Waals surface area contributed by atoms with Crippen molar-refractivity contribution in [1.29, 1.82) is 0 Å². The number of rotatable bonds is 6. The van der Waals surface area contributed by atoms with E-state index in [2.05, 4.69) is 36.5 Å². The van der Waals surface area contributed by atoms with E-state index in [0.717, 1.165) is 23.4 Å². The number of aromatic carboxylic acids is 1. The summed E-state index contributed by atoms with van der Waals surface area (Å²) < 4.78 is 0. The van der Waals surface area contributed by atoms with Gasteiger partial charge < -0.3 is 10.4 Å². The highest BCUT2D eigenvalue weighted by atomic mass is 32.1. The quantitative estimate of drug-likeness (QED) is 0.854. The highest BCUT2D eigenvalue weighted by molar-refractivity contribution is 7.14. The molecule has 0 saturated carbocycles. The van der Waals surface area contributed by atoms with E-state index in [0.29, 0.717) is 11.4 Å². The molecule has 2 aromatic rings. The Hall–Kier alpha value is -1.65. The molecule has 20 heavy (non-hydrogen) atoms. The fourth-order valence-electron chi connectivity index (χ4n) is 2.04. The van der Waals surface area contributed by atoms with Gasteiger partial charge in [-0.2, -0.15) is 0 Å². The molecule has 0 aliphatic carbocycles. The second-order valence-corrected chi connectivity index (χ2v) is 6.03. The average Bonchev–Trinajstić information content (AvgIpc) is 2.81. The molecule has 2 N–H and O–H groups in total. The fraction of sp³-hybridized carbons (Fsp3) is 0.312. The number of aryl methyl sites for hydroxylation is 2. The monoisotopic (exact) mass is 289 g/mol. The lowest BCUT2D eigenvalue weighted by Crippen LogP contribution is -2.12. The first kappa shape index (κ1) is 14.8. The Bertz CT molecular complexity index is 587. The molecular formula is C16H19NO2S. The lowest BCUT2D eigenvalue weighted by atomic mass is 10.1. The molecule has 0 radical (unpaired) electrons. The van der Waals surface area contributed by atoms with Crippen LogP contribution < -0.4 is 5.32 Å². The first-order valence-electron chi connectivity index (χ1n) is 6.71. The molecule has 0 saturated heterocycles. The summed E-state index contributed by atoms with van der Waals surface area (Å²) >= 11 is 1.33. The number of benzene rings is 1. The minimum atomic E-state index is -0.848. The van der Waals surface area contributed by atoms with Crippen molar-refractivity contribution < 1.29 is 9.90 Å². The molecule has 1 heterocycles. The van der Waals surface area contributed by atoms with Crippen LogP contribution >= 0.6 is 11.3 Å². The van der Waals surface area contributed by atoms with Gasteiger partial charge in [-0.15, -0.1) is 11.3 Å². The van der Waals surface area contributed by atoms with Crippen LogP contribution in [0, 0.1) is 6.92 Å². The zero-order valence-electron chi connectivity index (χ0n) is 11.8. The van der Waals surface area contributed by atoms with Crippen LogP contribution in [0.4, 0.5) is 0 Å². The molecule has 1 aromatic heterocycles. The topological polar surface area (TPSA) is 49.3 Å². The van der Waals surface area contributed by atoms with Crippen molar-refractivity contribution in [2.45, 2.75) is 33.4 Å². The van der Waals surface area contributed by atoms with Crippen LogP contribution in [0.25, 0.3) is 0 Å². The Morgan fingerprint density at radius 3 is 2.40 bits per heavy atom. The van der Waals surface area contributed by atoms with Gasteiger partial charge in [0.25, 0.3) is 0 Å². The molecule has 0 spiro atoms. The van der Waals surface area contributed by atoms with Crippen molar-refractivity contribution in [3.05, 3.63) is 56.8 Å². The largest absolute Gasteiger partial charge is 0.477 e. The summed E-state index contributed by atoms with van der Waals surface area (Å²) in [6.07, 6.45) is 1.06. The van der Waals surface area contributed by atoms with Crippen LogP contribution in [0.5, 0.6) is 0 Å². The van der Waals surface area contributed by atoms with Crippen LogP contribution in [-0.2, 0) is 19.5 Å². The maximum absolute atomic E-state index is 10.9. The summed E-state index contributed by atoms with van der Waals surface area (Å²) in [7, 11) is 0. The maximum Gasteiger partial charge on any atom is 0.345 e. The second kappa shape index (κ2) is 6.68. The van der Waals surface area contributed by atoms with Crippen LogP contribution in [0.3, 0.4) is 0 Å². The summed E-state index contributed by atoms with van der Waals surface area (Å²) in [4.78, 5) is 12.4. The third-order valence-corrected chi connectivity index (χ3v) is 4.39. The van der Waals surface area contributed by atoms with Gasteiger partial charge in [-0.1, -0.05) is 31.2 Å². The van der Waals surface area contributed by atoms with Gasteiger partial charge in [0, 0.05) is 18.0 Å². The van der Waals surface area contributed by atoms with E-state index < -0.39 is 5.97 Å². The predicted molar refractivity (Wildman–Crippen MR) is 82.4 cm³/mol. The fourth-order valence-corrected chi connectivity index (χ4v) is 2.92. The highest BCUT2D eigenvalue weighted by Gasteiger charge is 2.10. The van der Waals surface area contributed by atoms with Crippen LogP contribution in [0.15, 0.2) is 30.3 Å². The summed E-state index contributed by atoms with van der Waals surface area (Å²) in [5, 5.41) is 12.3. The molecule has 4 heteroatoms. The van der Waals surface area contributed by atoms with Gasteiger partial charge in [0.05, 0.1) is 0 Å². The Morgan fingerprint density at radius 1 is 1.20 bits per heavy atom. The van der Waals surface area contributed by atoms with E-state index in [1.165, 1.54) is 22.5 Å². The van der Waals surface area contributed by atoms with Gasteiger partial charge in [0.1, 0.15) is 4.88 Å². The van der Waals surface area contributed by atoms with Crippen molar-refractivity contribution in [2.24, 2.45) is 0 Å². The molecule has 0 aliphatic rings. The van der Waals surface area contributed by atoms with Gasteiger partial charge in [0.2, 0.25) is 0 Å². The molecule has 0 fully saturated rings. The first-order chi connectivity index (χ1) is 9.60. The van der Waals surface area contributed by atoms with Gasteiger partial charge in [-0.3, -0.25) is 0 Å². The van der Waals surface area contributed by atoms with Crippen LogP contribution in [0.2, 0.25) is 0 Å². The molecule has 106 valence electrons. The normalized spacial score (nSPS) is 10.7. The molecular weight excluding hydrogens is 270 g/mol. The Kier molecular flexibility index (Phi) is 4.93. The number of nitrogens with one attached hydrogen (secondary N) is 1. The molecule has 0 bridgehead atoms. The van der Waals surface area contributed by atoms with Crippen LogP contribution in [-0.4, -0.2) is 11.1 Å². The third kappa shape index (κ3) is 3.68. The predicted octanol–water partition coefficient (Wildman–Crippen LogP) is 3.61. The number of hydrogen-bond acceptors (Lipinski definition) is 3. The summed E-state index contributed by atoms with van der Waals surface area (Å²) in [5.74, 6) is -0.848. The van der Waals surface area contributed by atoms with Crippen molar-refractivity contribution in [2.75, 3.05) is 0 Å². The maximum atomic E-state index is 10.9. The second-order valence-electron chi connectivity index (χ2n) is 4.77. The number of hydrogen-bond donors (Lipinski definition) is 2. The summed E-state index contributed by atoms with van der Waals surface area (Å²) in [6.45, 7) is 5.60. The number of carbonyl (C=O) groups is 1. The smallest absolute Gasteiger partial charge is 0.345 e. The van der Waals surface area contributed by atoms with E-state index >= 15 is 0 Å². The van der Waals surface area contributed by atoms with Crippen molar-refractivity contribution in [3.8, 4) is 0 Å². The van der Waals surface area contributed by atoms with Crippen molar-refractivity contribution in [1.82, 2.24) is 5.32 Å². The Morgan fingerprint density at radius 2 is 1.85 bits per heavy atom. The Labute approximate surface area is 123 Å². The van der Waals surface area contributed by atoms with Gasteiger partial charge in [-0.05, 0) is 36.1 Å². The van der Waals surface area contributed by atoms with E-state index in [1.54, 1.807) is 6.07 Å². The van der Waals surface area contributed by atoms with E-state index in [4.69, 9.17) is 5.11 Å². The molecule has 0 atom stereocenters. The number of carboxylic acid groups (broad SMARTS) is 1. The lowest BCUT2D eigenvalue weighted by Gasteiger charge is -2.05. The number of carboxylic acids is 1. The molecule has 2 rings (SSSR count). The Balaban J connectivity index is 1.90. The summed E-state index contributed by atoms with van der Waals surface area (Å²) in [6, 6.07) is 10.3. The van der Waals surface area contributed by atoms with Crippen LogP contribution in [0.1, 0.15) is 38.2 Å². The van der Waals surface area contributed by atoms with E-state index in [1.807, 2.05) is 6.92 Å². The first-order valence-corrected chi connectivity index (χ1v) is 7.53. The third-order valence-electron chi connectivity index (χ3n) is 3.31. The molecule has 0 amide bonds.